The molecule has 2 aromatic rings. The fourth-order valence-corrected chi connectivity index (χ4v) is 3.31. The summed E-state index contributed by atoms with van der Waals surface area (Å²) in [4.78, 5) is 47.5. The summed E-state index contributed by atoms with van der Waals surface area (Å²) in [7, 11) is 0. The van der Waals surface area contributed by atoms with Crippen LogP contribution in [0.15, 0.2) is 34.9 Å². The summed E-state index contributed by atoms with van der Waals surface area (Å²) < 4.78 is 4.86. The van der Waals surface area contributed by atoms with Gasteiger partial charge in [0, 0.05) is 11.8 Å². The molecule has 2 heterocycles. The molecule has 1 aromatic heterocycles. The molecular weight excluding hydrogens is 398 g/mol. The molecule has 152 valence electrons. The summed E-state index contributed by atoms with van der Waals surface area (Å²) >= 11 is 1.14. The molecule has 1 atom stereocenters. The summed E-state index contributed by atoms with van der Waals surface area (Å²) in [5.41, 5.74) is -0.191. The summed E-state index contributed by atoms with van der Waals surface area (Å²) in [6, 6.07) is 7.68. The van der Waals surface area contributed by atoms with Gasteiger partial charge in [-0.1, -0.05) is 17.3 Å². The SMILES string of the molecule is Cc1cc(NC(=O)CSCC(=O)Nc2cccc(C3(C)NC(=O)NC3=O)c2)no1. The third-order valence-electron chi connectivity index (χ3n) is 4.13. The Bertz CT molecular complexity index is 975. The van der Waals surface area contributed by atoms with E-state index in [-0.39, 0.29) is 23.3 Å². The van der Waals surface area contributed by atoms with Crippen LogP contribution < -0.4 is 21.3 Å². The highest BCUT2D eigenvalue weighted by Crippen LogP contribution is 2.26. The van der Waals surface area contributed by atoms with Crippen LogP contribution >= 0.6 is 11.8 Å². The highest BCUT2D eigenvalue weighted by molar-refractivity contribution is 8.00. The number of benzene rings is 1. The lowest BCUT2D eigenvalue weighted by molar-refractivity contribution is -0.123. The van der Waals surface area contributed by atoms with Crippen molar-refractivity contribution in [1.29, 1.82) is 0 Å². The van der Waals surface area contributed by atoms with Crippen molar-refractivity contribution in [2.24, 2.45) is 0 Å². The van der Waals surface area contributed by atoms with Crippen molar-refractivity contribution in [2.45, 2.75) is 19.4 Å². The van der Waals surface area contributed by atoms with Crippen LogP contribution in [0.4, 0.5) is 16.3 Å². The van der Waals surface area contributed by atoms with Crippen LogP contribution in [-0.2, 0) is 19.9 Å². The molecule has 4 N–H and O–H groups in total. The van der Waals surface area contributed by atoms with Gasteiger partial charge in [0.2, 0.25) is 11.8 Å². The molecule has 1 saturated heterocycles. The van der Waals surface area contributed by atoms with E-state index < -0.39 is 17.5 Å². The molecule has 10 nitrogen and oxygen atoms in total. The largest absolute Gasteiger partial charge is 0.360 e. The van der Waals surface area contributed by atoms with Gasteiger partial charge in [0.25, 0.3) is 5.91 Å². The molecule has 1 aliphatic rings. The highest BCUT2D eigenvalue weighted by atomic mass is 32.2. The number of hydrogen-bond acceptors (Lipinski definition) is 7. The number of carbonyl (C=O) groups excluding carboxylic acids is 4. The zero-order valence-electron chi connectivity index (χ0n) is 15.7. The molecular formula is C18H19N5O5S. The Kier molecular flexibility index (Phi) is 5.87. The van der Waals surface area contributed by atoms with Crippen molar-refractivity contribution < 1.29 is 23.7 Å². The van der Waals surface area contributed by atoms with E-state index in [0.717, 1.165) is 11.8 Å². The first-order valence-corrected chi connectivity index (χ1v) is 9.76. The molecule has 0 bridgehead atoms. The van der Waals surface area contributed by atoms with Crippen LogP contribution in [0.5, 0.6) is 0 Å². The minimum Gasteiger partial charge on any atom is -0.360 e. The third kappa shape index (κ3) is 4.93. The van der Waals surface area contributed by atoms with Crippen molar-refractivity contribution in [3.63, 3.8) is 0 Å². The molecule has 0 spiro atoms. The van der Waals surface area contributed by atoms with Crippen LogP contribution in [0.25, 0.3) is 0 Å². The molecule has 5 amide bonds. The molecule has 3 rings (SSSR count). The van der Waals surface area contributed by atoms with Crippen molar-refractivity contribution in [3.8, 4) is 0 Å². The molecule has 1 aliphatic heterocycles. The fourth-order valence-electron chi connectivity index (χ4n) is 2.69. The maximum absolute atomic E-state index is 12.1. The van der Waals surface area contributed by atoms with Gasteiger partial charge in [-0.3, -0.25) is 19.7 Å². The number of nitrogens with one attached hydrogen (secondary N) is 4. The second-order valence-corrected chi connectivity index (χ2v) is 7.51. The van der Waals surface area contributed by atoms with E-state index in [1.807, 2.05) is 0 Å². The number of anilines is 2. The Morgan fingerprint density at radius 1 is 1.17 bits per heavy atom. The van der Waals surface area contributed by atoms with Crippen LogP contribution in [-0.4, -0.2) is 40.4 Å². The van der Waals surface area contributed by atoms with Crippen molar-refractivity contribution >= 4 is 47.0 Å². The van der Waals surface area contributed by atoms with E-state index in [9.17, 15) is 19.2 Å². The monoisotopic (exact) mass is 417 g/mol. The van der Waals surface area contributed by atoms with Gasteiger partial charge in [0.1, 0.15) is 11.3 Å². The summed E-state index contributed by atoms with van der Waals surface area (Å²) in [5, 5.41) is 13.7. The van der Waals surface area contributed by atoms with Gasteiger partial charge in [-0.25, -0.2) is 4.79 Å². The number of aromatic nitrogens is 1. The minimum atomic E-state index is -1.20. The summed E-state index contributed by atoms with van der Waals surface area (Å²) in [6.07, 6.45) is 0. The molecule has 1 fully saturated rings. The number of hydrogen-bond donors (Lipinski definition) is 4. The first kappa shape index (κ1) is 20.4. The highest BCUT2D eigenvalue weighted by Gasteiger charge is 2.43. The van der Waals surface area contributed by atoms with Crippen molar-refractivity contribution in [1.82, 2.24) is 15.8 Å². The van der Waals surface area contributed by atoms with Gasteiger partial charge in [-0.2, -0.15) is 0 Å². The predicted molar refractivity (Wildman–Crippen MR) is 106 cm³/mol. The quantitative estimate of drug-likeness (QED) is 0.498. The van der Waals surface area contributed by atoms with E-state index in [4.69, 9.17) is 4.52 Å². The third-order valence-corrected chi connectivity index (χ3v) is 5.06. The number of imide groups is 1. The Morgan fingerprint density at radius 3 is 2.52 bits per heavy atom. The average Bonchev–Trinajstić information content (AvgIpc) is 3.17. The van der Waals surface area contributed by atoms with Crippen LogP contribution in [0.2, 0.25) is 0 Å². The Hall–Kier alpha value is -3.34. The van der Waals surface area contributed by atoms with E-state index in [0.29, 0.717) is 22.8 Å². The molecule has 0 saturated carbocycles. The Morgan fingerprint density at radius 2 is 1.90 bits per heavy atom. The second-order valence-electron chi connectivity index (χ2n) is 6.53. The molecule has 0 aliphatic carbocycles. The predicted octanol–water partition coefficient (Wildman–Crippen LogP) is 1.35. The number of carbonyl (C=O) groups is 4. The minimum absolute atomic E-state index is 0.0595. The van der Waals surface area contributed by atoms with E-state index >= 15 is 0 Å². The van der Waals surface area contributed by atoms with Crippen molar-refractivity contribution in [2.75, 3.05) is 22.1 Å². The number of amides is 5. The first-order chi connectivity index (χ1) is 13.8. The van der Waals surface area contributed by atoms with Gasteiger partial charge in [-0.05, 0) is 31.5 Å². The second kappa shape index (κ2) is 8.35. The van der Waals surface area contributed by atoms with Gasteiger partial charge >= 0.3 is 6.03 Å². The maximum Gasteiger partial charge on any atom is 0.322 e. The van der Waals surface area contributed by atoms with Crippen LogP contribution in [0, 0.1) is 6.92 Å². The maximum atomic E-state index is 12.1. The molecule has 1 aromatic carbocycles. The standard InChI is InChI=1S/C18H19N5O5S/c1-10-6-13(23-28-10)20-15(25)9-29-8-14(24)19-12-5-3-4-11(7-12)18(2)16(26)21-17(27)22-18/h3-7H,8-9H2,1-2H3,(H,19,24)(H,20,23,25)(H2,21,22,26,27). The lowest BCUT2D eigenvalue weighted by Crippen LogP contribution is -2.40. The zero-order chi connectivity index (χ0) is 21.0. The number of rotatable bonds is 7. The van der Waals surface area contributed by atoms with E-state index in [2.05, 4.69) is 26.4 Å². The summed E-state index contributed by atoms with van der Waals surface area (Å²) in [5.74, 6) is -0.0247. The lowest BCUT2D eigenvalue weighted by Gasteiger charge is -2.21. The van der Waals surface area contributed by atoms with E-state index in [1.165, 1.54) is 0 Å². The normalized spacial score (nSPS) is 18.1. The molecule has 0 radical (unpaired) electrons. The van der Waals surface area contributed by atoms with Crippen LogP contribution in [0.1, 0.15) is 18.2 Å². The van der Waals surface area contributed by atoms with Gasteiger partial charge < -0.3 is 20.5 Å². The number of urea groups is 1. The average molecular weight is 417 g/mol. The first-order valence-electron chi connectivity index (χ1n) is 8.61. The number of nitrogens with zero attached hydrogens (tertiary/aromatic N) is 1. The van der Waals surface area contributed by atoms with Gasteiger partial charge in [0.05, 0.1) is 11.5 Å². The number of thioether (sulfide) groups is 1. The van der Waals surface area contributed by atoms with Crippen molar-refractivity contribution in [3.05, 3.63) is 41.7 Å². The fraction of sp³-hybridized carbons (Fsp3) is 0.278. The smallest absolute Gasteiger partial charge is 0.322 e. The van der Waals surface area contributed by atoms with Gasteiger partial charge in [-0.15, -0.1) is 11.8 Å². The van der Waals surface area contributed by atoms with Crippen LogP contribution in [0.3, 0.4) is 0 Å². The Labute approximate surface area is 170 Å². The molecule has 1 unspecified atom stereocenters. The molecule has 11 heteroatoms. The topological polar surface area (TPSA) is 142 Å². The zero-order valence-corrected chi connectivity index (χ0v) is 16.5. The molecule has 29 heavy (non-hydrogen) atoms. The van der Waals surface area contributed by atoms with E-state index in [1.54, 1.807) is 44.2 Å². The lowest BCUT2D eigenvalue weighted by atomic mass is 9.92. The van der Waals surface area contributed by atoms with Gasteiger partial charge in [0.15, 0.2) is 5.82 Å². The number of aryl methyl sites for hydroxylation is 1. The Balaban J connectivity index is 1.50. The summed E-state index contributed by atoms with van der Waals surface area (Å²) in [6.45, 7) is 3.29.